The third kappa shape index (κ3) is 4.07. The second-order valence-electron chi connectivity index (χ2n) is 5.87. The molecule has 1 fully saturated rings. The molecule has 3 nitrogen and oxygen atoms in total. The normalized spacial score (nSPS) is 17.6. The SMILES string of the molecule is Cc1cccc(CC(CN)C(=O)N2CCCCCC2)c1. The molecule has 0 aromatic heterocycles. The van der Waals surface area contributed by atoms with Gasteiger partial charge in [-0.2, -0.15) is 0 Å². The van der Waals surface area contributed by atoms with Crippen LogP contribution in [0.5, 0.6) is 0 Å². The smallest absolute Gasteiger partial charge is 0.227 e. The van der Waals surface area contributed by atoms with Gasteiger partial charge in [0.15, 0.2) is 0 Å². The number of hydrogen-bond donors (Lipinski definition) is 1. The van der Waals surface area contributed by atoms with Gasteiger partial charge in [-0.1, -0.05) is 42.7 Å². The number of carbonyl (C=O) groups excluding carboxylic acids is 1. The number of likely N-dealkylation sites (tertiary alicyclic amines) is 1. The van der Waals surface area contributed by atoms with Crippen LogP contribution in [-0.4, -0.2) is 30.4 Å². The molecule has 1 aliphatic heterocycles. The average Bonchev–Trinajstić information content (AvgIpc) is 2.73. The van der Waals surface area contributed by atoms with Crippen LogP contribution in [0, 0.1) is 12.8 Å². The maximum Gasteiger partial charge on any atom is 0.227 e. The Morgan fingerprint density at radius 1 is 1.25 bits per heavy atom. The Morgan fingerprint density at radius 3 is 2.55 bits per heavy atom. The van der Waals surface area contributed by atoms with Crippen molar-refractivity contribution in [3.05, 3.63) is 35.4 Å². The van der Waals surface area contributed by atoms with Gasteiger partial charge < -0.3 is 10.6 Å². The molecule has 1 saturated heterocycles. The second-order valence-corrected chi connectivity index (χ2v) is 5.87. The van der Waals surface area contributed by atoms with Gasteiger partial charge in [0.25, 0.3) is 0 Å². The Bertz CT molecular complexity index is 436. The molecular formula is C17H26N2O. The van der Waals surface area contributed by atoms with Crippen molar-refractivity contribution >= 4 is 5.91 Å². The van der Waals surface area contributed by atoms with Gasteiger partial charge in [-0.3, -0.25) is 4.79 Å². The summed E-state index contributed by atoms with van der Waals surface area (Å²) in [5.74, 6) is 0.172. The van der Waals surface area contributed by atoms with Crippen molar-refractivity contribution < 1.29 is 4.79 Å². The highest BCUT2D eigenvalue weighted by Gasteiger charge is 2.24. The summed E-state index contributed by atoms with van der Waals surface area (Å²) >= 11 is 0. The van der Waals surface area contributed by atoms with Crippen LogP contribution in [0.25, 0.3) is 0 Å². The zero-order chi connectivity index (χ0) is 14.4. The van der Waals surface area contributed by atoms with E-state index in [0.717, 1.165) is 32.4 Å². The number of nitrogens with zero attached hydrogens (tertiary/aromatic N) is 1. The van der Waals surface area contributed by atoms with Gasteiger partial charge in [0, 0.05) is 19.6 Å². The summed E-state index contributed by atoms with van der Waals surface area (Å²) in [6.07, 6.45) is 5.51. The fraction of sp³-hybridized carbons (Fsp3) is 0.588. The molecule has 1 unspecified atom stereocenters. The van der Waals surface area contributed by atoms with E-state index >= 15 is 0 Å². The topological polar surface area (TPSA) is 46.3 Å². The van der Waals surface area contributed by atoms with Gasteiger partial charge in [0.1, 0.15) is 0 Å². The lowest BCUT2D eigenvalue weighted by atomic mass is 9.97. The van der Waals surface area contributed by atoms with Crippen molar-refractivity contribution in [2.24, 2.45) is 11.7 Å². The molecule has 110 valence electrons. The quantitative estimate of drug-likeness (QED) is 0.917. The fourth-order valence-electron chi connectivity index (χ4n) is 2.94. The highest BCUT2D eigenvalue weighted by molar-refractivity contribution is 5.79. The molecule has 0 radical (unpaired) electrons. The van der Waals surface area contributed by atoms with Crippen molar-refractivity contribution in [2.45, 2.75) is 39.0 Å². The van der Waals surface area contributed by atoms with E-state index in [0.29, 0.717) is 6.54 Å². The Labute approximate surface area is 122 Å². The molecular weight excluding hydrogens is 248 g/mol. The Hall–Kier alpha value is -1.35. The van der Waals surface area contributed by atoms with Crippen molar-refractivity contribution in [3.63, 3.8) is 0 Å². The maximum atomic E-state index is 12.6. The molecule has 0 spiro atoms. The van der Waals surface area contributed by atoms with E-state index in [2.05, 4.69) is 31.2 Å². The Morgan fingerprint density at radius 2 is 1.95 bits per heavy atom. The molecule has 0 bridgehead atoms. The lowest BCUT2D eigenvalue weighted by Crippen LogP contribution is -2.40. The van der Waals surface area contributed by atoms with Gasteiger partial charge in [-0.05, 0) is 31.7 Å². The van der Waals surface area contributed by atoms with E-state index in [1.807, 2.05) is 4.90 Å². The molecule has 1 aromatic rings. The monoisotopic (exact) mass is 274 g/mol. The van der Waals surface area contributed by atoms with Gasteiger partial charge in [0.2, 0.25) is 5.91 Å². The number of nitrogens with two attached hydrogens (primary N) is 1. The summed E-state index contributed by atoms with van der Waals surface area (Å²) in [6.45, 7) is 4.33. The highest BCUT2D eigenvalue weighted by atomic mass is 16.2. The van der Waals surface area contributed by atoms with Crippen LogP contribution in [-0.2, 0) is 11.2 Å². The van der Waals surface area contributed by atoms with E-state index in [1.54, 1.807) is 0 Å². The van der Waals surface area contributed by atoms with E-state index < -0.39 is 0 Å². The number of carbonyl (C=O) groups is 1. The predicted molar refractivity (Wildman–Crippen MR) is 82.5 cm³/mol. The molecule has 0 aliphatic carbocycles. The average molecular weight is 274 g/mol. The predicted octanol–water partition coefficient (Wildman–Crippen LogP) is 2.52. The van der Waals surface area contributed by atoms with Gasteiger partial charge in [0.05, 0.1) is 5.92 Å². The zero-order valence-electron chi connectivity index (χ0n) is 12.5. The van der Waals surface area contributed by atoms with Crippen molar-refractivity contribution in [2.75, 3.05) is 19.6 Å². The third-order valence-corrected chi connectivity index (χ3v) is 4.12. The van der Waals surface area contributed by atoms with Crippen LogP contribution in [0.2, 0.25) is 0 Å². The molecule has 1 heterocycles. The first-order valence-electron chi connectivity index (χ1n) is 7.75. The summed E-state index contributed by atoms with van der Waals surface area (Å²) in [4.78, 5) is 14.6. The summed E-state index contributed by atoms with van der Waals surface area (Å²) in [6, 6.07) is 8.37. The van der Waals surface area contributed by atoms with Gasteiger partial charge in [-0.25, -0.2) is 0 Å². The van der Waals surface area contributed by atoms with Crippen LogP contribution in [0.3, 0.4) is 0 Å². The molecule has 2 N–H and O–H groups in total. The molecule has 2 rings (SSSR count). The van der Waals surface area contributed by atoms with E-state index in [1.165, 1.54) is 24.0 Å². The second kappa shape index (κ2) is 7.44. The number of amides is 1. The van der Waals surface area contributed by atoms with E-state index in [9.17, 15) is 4.79 Å². The van der Waals surface area contributed by atoms with Crippen molar-refractivity contribution in [3.8, 4) is 0 Å². The van der Waals surface area contributed by atoms with Crippen LogP contribution < -0.4 is 5.73 Å². The summed E-state index contributed by atoms with van der Waals surface area (Å²) < 4.78 is 0. The number of benzene rings is 1. The summed E-state index contributed by atoms with van der Waals surface area (Å²) in [7, 11) is 0. The lowest BCUT2D eigenvalue weighted by molar-refractivity contribution is -0.135. The maximum absolute atomic E-state index is 12.6. The standard InChI is InChI=1S/C17H26N2O/c1-14-7-6-8-15(11-14)12-16(13-18)17(20)19-9-4-2-3-5-10-19/h6-8,11,16H,2-5,9-10,12-13,18H2,1H3. The summed E-state index contributed by atoms with van der Waals surface area (Å²) in [5, 5.41) is 0. The minimum absolute atomic E-state index is 0.0742. The number of hydrogen-bond acceptors (Lipinski definition) is 2. The molecule has 1 amide bonds. The van der Waals surface area contributed by atoms with Crippen LogP contribution >= 0.6 is 0 Å². The van der Waals surface area contributed by atoms with Gasteiger partial charge in [-0.15, -0.1) is 0 Å². The third-order valence-electron chi connectivity index (χ3n) is 4.12. The number of rotatable bonds is 4. The first-order chi connectivity index (χ1) is 9.70. The first kappa shape index (κ1) is 15.0. The van der Waals surface area contributed by atoms with E-state index in [-0.39, 0.29) is 11.8 Å². The Kier molecular flexibility index (Phi) is 5.60. The molecule has 1 aromatic carbocycles. The van der Waals surface area contributed by atoms with Crippen LogP contribution in [0.15, 0.2) is 24.3 Å². The Balaban J connectivity index is 2.01. The molecule has 3 heteroatoms. The van der Waals surface area contributed by atoms with E-state index in [4.69, 9.17) is 5.73 Å². The lowest BCUT2D eigenvalue weighted by Gasteiger charge is -2.25. The first-order valence-corrected chi connectivity index (χ1v) is 7.75. The van der Waals surface area contributed by atoms with Crippen LogP contribution in [0.4, 0.5) is 0 Å². The van der Waals surface area contributed by atoms with Gasteiger partial charge >= 0.3 is 0 Å². The molecule has 1 atom stereocenters. The zero-order valence-corrected chi connectivity index (χ0v) is 12.5. The molecule has 20 heavy (non-hydrogen) atoms. The minimum Gasteiger partial charge on any atom is -0.342 e. The van der Waals surface area contributed by atoms with Crippen molar-refractivity contribution in [1.29, 1.82) is 0 Å². The molecule has 0 saturated carbocycles. The highest BCUT2D eigenvalue weighted by Crippen LogP contribution is 2.16. The minimum atomic E-state index is -0.0742. The fourth-order valence-corrected chi connectivity index (χ4v) is 2.94. The van der Waals surface area contributed by atoms with Crippen molar-refractivity contribution in [1.82, 2.24) is 4.90 Å². The molecule has 1 aliphatic rings. The number of aryl methyl sites for hydroxylation is 1. The largest absolute Gasteiger partial charge is 0.342 e. The van der Waals surface area contributed by atoms with Crippen LogP contribution in [0.1, 0.15) is 36.8 Å². The summed E-state index contributed by atoms with van der Waals surface area (Å²) in [5.41, 5.74) is 8.31.